The Balaban J connectivity index is 1.90. The van der Waals surface area contributed by atoms with Crippen LogP contribution in [0.2, 0.25) is 0 Å². The number of carbonyl (C=O) groups is 1. The number of amides is 1. The normalized spacial score (nSPS) is 14.0. The Labute approximate surface area is 163 Å². The van der Waals surface area contributed by atoms with Crippen LogP contribution in [0.25, 0.3) is 0 Å². The minimum Gasteiger partial charge on any atom is -0.490 e. The summed E-state index contributed by atoms with van der Waals surface area (Å²) in [4.78, 5) is 16.1. The highest BCUT2D eigenvalue weighted by Crippen LogP contribution is 2.30. The van der Waals surface area contributed by atoms with Gasteiger partial charge in [0, 0.05) is 25.6 Å². The zero-order valence-corrected chi connectivity index (χ0v) is 16.3. The lowest BCUT2D eigenvalue weighted by atomic mass is 10.2. The summed E-state index contributed by atoms with van der Waals surface area (Å²) in [5.74, 6) is 1.17. The number of hydrogen-bond acceptors (Lipinski definition) is 4. The average molecular weight is 398 g/mol. The number of rotatable bonds is 11. The van der Waals surface area contributed by atoms with Crippen molar-refractivity contribution in [2.24, 2.45) is 10.9 Å². The highest BCUT2D eigenvalue weighted by Gasteiger charge is 2.28. The molecule has 28 heavy (non-hydrogen) atoms. The van der Waals surface area contributed by atoms with Gasteiger partial charge in [0.15, 0.2) is 17.5 Å². The van der Waals surface area contributed by atoms with Crippen LogP contribution in [-0.2, 0) is 11.3 Å². The van der Waals surface area contributed by atoms with Gasteiger partial charge in [-0.25, -0.2) is 4.99 Å². The molecule has 2 rings (SSSR count). The standard InChI is InChI=1S/C19H28F2N4O3/c1-3-22-19(24-10-9-23-17(26)14-6-7-14)25-12-13-5-8-15(28-18(20)21)16(11-13)27-4-2/h5,8,11,14,18H,3-4,6-7,9-10,12H2,1-2H3,(H,23,26)(H2,22,24,25). The first-order chi connectivity index (χ1) is 13.5. The number of carbonyl (C=O) groups excluding carboxylic acids is 1. The van der Waals surface area contributed by atoms with Gasteiger partial charge in [-0.15, -0.1) is 0 Å². The van der Waals surface area contributed by atoms with Gasteiger partial charge in [-0.1, -0.05) is 6.07 Å². The summed E-state index contributed by atoms with van der Waals surface area (Å²) >= 11 is 0. The predicted molar refractivity (Wildman–Crippen MR) is 103 cm³/mol. The molecular formula is C19H28F2N4O3. The van der Waals surface area contributed by atoms with Gasteiger partial charge in [0.25, 0.3) is 0 Å². The quantitative estimate of drug-likeness (QED) is 0.303. The monoisotopic (exact) mass is 398 g/mol. The third-order valence-electron chi connectivity index (χ3n) is 3.95. The van der Waals surface area contributed by atoms with Crippen LogP contribution < -0.4 is 25.4 Å². The lowest BCUT2D eigenvalue weighted by Gasteiger charge is -2.13. The van der Waals surface area contributed by atoms with Crippen molar-refractivity contribution >= 4 is 11.9 Å². The van der Waals surface area contributed by atoms with E-state index in [4.69, 9.17) is 4.74 Å². The maximum absolute atomic E-state index is 12.5. The molecule has 1 saturated carbocycles. The number of ether oxygens (including phenoxy) is 2. The van der Waals surface area contributed by atoms with Gasteiger partial charge < -0.3 is 25.4 Å². The summed E-state index contributed by atoms with van der Waals surface area (Å²) < 4.78 is 34.8. The van der Waals surface area contributed by atoms with Crippen LogP contribution in [0.5, 0.6) is 11.5 Å². The van der Waals surface area contributed by atoms with Crippen LogP contribution in [0, 0.1) is 5.92 Å². The average Bonchev–Trinajstić information content (AvgIpc) is 3.50. The number of hydrogen-bond donors (Lipinski definition) is 3. The summed E-state index contributed by atoms with van der Waals surface area (Å²) in [6.45, 7) is 3.24. The summed E-state index contributed by atoms with van der Waals surface area (Å²) in [6.07, 6.45) is 1.96. The molecule has 0 spiro atoms. The molecule has 3 N–H and O–H groups in total. The Kier molecular flexibility index (Phi) is 8.77. The van der Waals surface area contributed by atoms with Crippen molar-refractivity contribution in [2.75, 3.05) is 26.2 Å². The first kappa shape index (κ1) is 21.7. The fraction of sp³-hybridized carbons (Fsp3) is 0.579. The molecule has 0 radical (unpaired) electrons. The van der Waals surface area contributed by atoms with E-state index in [1.54, 1.807) is 19.1 Å². The van der Waals surface area contributed by atoms with E-state index in [0.717, 1.165) is 18.4 Å². The van der Waals surface area contributed by atoms with E-state index in [1.807, 2.05) is 6.92 Å². The molecule has 156 valence electrons. The van der Waals surface area contributed by atoms with Gasteiger partial charge in [-0.2, -0.15) is 8.78 Å². The van der Waals surface area contributed by atoms with Crippen LogP contribution in [0.15, 0.2) is 23.2 Å². The number of nitrogens with one attached hydrogen (secondary N) is 3. The van der Waals surface area contributed by atoms with E-state index in [1.165, 1.54) is 6.07 Å². The van der Waals surface area contributed by atoms with E-state index >= 15 is 0 Å². The van der Waals surface area contributed by atoms with Gasteiger partial charge >= 0.3 is 6.61 Å². The van der Waals surface area contributed by atoms with Crippen molar-refractivity contribution in [2.45, 2.75) is 39.8 Å². The van der Waals surface area contributed by atoms with Gasteiger partial charge in [-0.3, -0.25) is 4.79 Å². The number of nitrogens with zero attached hydrogens (tertiary/aromatic N) is 1. The lowest BCUT2D eigenvalue weighted by molar-refractivity contribution is -0.122. The SMILES string of the molecule is CCNC(=NCc1ccc(OC(F)F)c(OCC)c1)NCCNC(=O)C1CC1. The zero-order valence-electron chi connectivity index (χ0n) is 16.3. The van der Waals surface area contributed by atoms with Crippen molar-refractivity contribution in [3.8, 4) is 11.5 Å². The van der Waals surface area contributed by atoms with E-state index in [0.29, 0.717) is 38.7 Å². The van der Waals surface area contributed by atoms with Crippen molar-refractivity contribution in [1.82, 2.24) is 16.0 Å². The topological polar surface area (TPSA) is 84.0 Å². The van der Waals surface area contributed by atoms with Gasteiger partial charge in [0.05, 0.1) is 13.2 Å². The van der Waals surface area contributed by atoms with Gasteiger partial charge in [-0.05, 0) is 44.4 Å². The summed E-state index contributed by atoms with van der Waals surface area (Å²) in [5, 5.41) is 9.16. The van der Waals surface area contributed by atoms with Crippen LogP contribution >= 0.6 is 0 Å². The molecule has 7 nitrogen and oxygen atoms in total. The summed E-state index contributed by atoms with van der Waals surface area (Å²) in [7, 11) is 0. The number of aliphatic imine (C=N–C) groups is 1. The maximum atomic E-state index is 12.5. The Bertz CT molecular complexity index is 667. The Hall–Kier alpha value is -2.58. The molecular weight excluding hydrogens is 370 g/mol. The minimum atomic E-state index is -2.91. The van der Waals surface area contributed by atoms with Crippen molar-refractivity contribution in [3.63, 3.8) is 0 Å². The van der Waals surface area contributed by atoms with Crippen molar-refractivity contribution in [1.29, 1.82) is 0 Å². The third kappa shape index (κ3) is 7.58. The van der Waals surface area contributed by atoms with E-state index in [-0.39, 0.29) is 23.3 Å². The second kappa shape index (κ2) is 11.3. The third-order valence-corrected chi connectivity index (χ3v) is 3.95. The molecule has 1 fully saturated rings. The lowest BCUT2D eigenvalue weighted by Crippen LogP contribution is -2.41. The maximum Gasteiger partial charge on any atom is 0.387 e. The first-order valence-corrected chi connectivity index (χ1v) is 9.53. The Morgan fingerprint density at radius 1 is 1.18 bits per heavy atom. The van der Waals surface area contributed by atoms with Crippen LogP contribution in [-0.4, -0.2) is 44.7 Å². The molecule has 1 amide bonds. The number of benzene rings is 1. The molecule has 1 aromatic rings. The van der Waals surface area contributed by atoms with Gasteiger partial charge in [0.2, 0.25) is 5.91 Å². The Morgan fingerprint density at radius 3 is 2.57 bits per heavy atom. The number of guanidine groups is 1. The van der Waals surface area contributed by atoms with Crippen LogP contribution in [0.1, 0.15) is 32.3 Å². The molecule has 0 aliphatic heterocycles. The molecule has 0 atom stereocenters. The zero-order chi connectivity index (χ0) is 20.4. The molecule has 0 saturated heterocycles. The molecule has 0 heterocycles. The highest BCUT2D eigenvalue weighted by molar-refractivity contribution is 5.81. The predicted octanol–water partition coefficient (Wildman–Crippen LogP) is 2.27. The molecule has 1 aliphatic carbocycles. The molecule has 9 heteroatoms. The Morgan fingerprint density at radius 2 is 1.93 bits per heavy atom. The summed E-state index contributed by atoms with van der Waals surface area (Å²) in [5.41, 5.74) is 0.796. The highest BCUT2D eigenvalue weighted by atomic mass is 19.3. The fourth-order valence-corrected chi connectivity index (χ4v) is 2.48. The molecule has 1 aliphatic rings. The van der Waals surface area contributed by atoms with Crippen molar-refractivity contribution in [3.05, 3.63) is 23.8 Å². The number of halogens is 2. The number of alkyl halides is 2. The molecule has 0 aromatic heterocycles. The van der Waals surface area contributed by atoms with Gasteiger partial charge in [0.1, 0.15) is 0 Å². The minimum absolute atomic E-state index is 0.000940. The molecule has 1 aromatic carbocycles. The molecule has 0 bridgehead atoms. The fourth-order valence-electron chi connectivity index (χ4n) is 2.48. The van der Waals surface area contributed by atoms with E-state index < -0.39 is 6.61 Å². The second-order valence-corrected chi connectivity index (χ2v) is 6.28. The second-order valence-electron chi connectivity index (χ2n) is 6.28. The summed E-state index contributed by atoms with van der Waals surface area (Å²) in [6, 6.07) is 4.77. The van der Waals surface area contributed by atoms with Crippen LogP contribution in [0.4, 0.5) is 8.78 Å². The van der Waals surface area contributed by atoms with Crippen molar-refractivity contribution < 1.29 is 23.0 Å². The smallest absolute Gasteiger partial charge is 0.387 e. The van der Waals surface area contributed by atoms with E-state index in [9.17, 15) is 13.6 Å². The van der Waals surface area contributed by atoms with E-state index in [2.05, 4.69) is 25.7 Å². The molecule has 0 unspecified atom stereocenters. The van der Waals surface area contributed by atoms with Crippen LogP contribution in [0.3, 0.4) is 0 Å². The largest absolute Gasteiger partial charge is 0.490 e. The first-order valence-electron chi connectivity index (χ1n) is 9.53.